The van der Waals surface area contributed by atoms with Crippen LogP contribution in [0.4, 0.5) is 0 Å². The molecule has 8 heteroatoms. The van der Waals surface area contributed by atoms with Crippen molar-refractivity contribution >= 4 is 15.9 Å². The Morgan fingerprint density at radius 2 is 2.10 bits per heavy atom. The maximum atomic E-state index is 12.2. The van der Waals surface area contributed by atoms with Crippen molar-refractivity contribution in [1.29, 1.82) is 0 Å². The standard InChI is InChI=1S/C12H25N3O4S/c1-12(11(16)13-6-5-7-14(2)3)10-15(8-9-19-12)20(4,17)18/h5-10H2,1-4H3,(H,13,16)/t12-/m0/s1. The lowest BCUT2D eigenvalue weighted by Gasteiger charge is -2.38. The monoisotopic (exact) mass is 307 g/mol. The Balaban J connectivity index is 2.53. The SMILES string of the molecule is CN(C)CCCNC(=O)[C@]1(C)CN(S(C)(=O)=O)CCO1. The number of hydrogen-bond donors (Lipinski definition) is 1. The number of morpholine rings is 1. The second kappa shape index (κ2) is 6.84. The Morgan fingerprint density at radius 3 is 2.65 bits per heavy atom. The summed E-state index contributed by atoms with van der Waals surface area (Å²) in [6, 6.07) is 0. The van der Waals surface area contributed by atoms with Crippen LogP contribution < -0.4 is 5.32 Å². The molecular formula is C12H25N3O4S. The van der Waals surface area contributed by atoms with Crippen molar-refractivity contribution in [2.75, 3.05) is 53.1 Å². The first-order chi connectivity index (χ1) is 9.15. The van der Waals surface area contributed by atoms with Crippen molar-refractivity contribution in [1.82, 2.24) is 14.5 Å². The van der Waals surface area contributed by atoms with Gasteiger partial charge in [-0.05, 0) is 34.0 Å². The van der Waals surface area contributed by atoms with E-state index in [0.29, 0.717) is 13.1 Å². The zero-order chi connectivity index (χ0) is 15.4. The van der Waals surface area contributed by atoms with E-state index in [0.717, 1.165) is 19.2 Å². The molecule has 1 heterocycles. The van der Waals surface area contributed by atoms with E-state index in [4.69, 9.17) is 4.74 Å². The molecule has 20 heavy (non-hydrogen) atoms. The van der Waals surface area contributed by atoms with Crippen LogP contribution in [0.15, 0.2) is 0 Å². The largest absolute Gasteiger partial charge is 0.363 e. The normalized spacial score (nSPS) is 24.9. The molecule has 7 nitrogen and oxygen atoms in total. The van der Waals surface area contributed by atoms with Gasteiger partial charge in [0.2, 0.25) is 10.0 Å². The number of nitrogens with zero attached hydrogens (tertiary/aromatic N) is 2. The molecule has 1 N–H and O–H groups in total. The molecule has 1 amide bonds. The Bertz CT molecular complexity index is 438. The molecule has 0 unspecified atom stereocenters. The molecule has 1 aliphatic rings. The molecule has 1 saturated heterocycles. The summed E-state index contributed by atoms with van der Waals surface area (Å²) in [7, 11) is 0.639. The van der Waals surface area contributed by atoms with Crippen LogP contribution in [0.5, 0.6) is 0 Å². The molecule has 0 bridgehead atoms. The number of carbonyl (C=O) groups excluding carboxylic acids is 1. The summed E-state index contributed by atoms with van der Waals surface area (Å²) in [6.07, 6.45) is 1.98. The molecule has 0 aliphatic carbocycles. The second-order valence-corrected chi connectivity index (χ2v) is 7.57. The lowest BCUT2D eigenvalue weighted by atomic mass is 10.0. The van der Waals surface area contributed by atoms with E-state index in [-0.39, 0.29) is 19.1 Å². The average Bonchev–Trinajstić information content (AvgIpc) is 2.33. The van der Waals surface area contributed by atoms with Gasteiger partial charge in [0, 0.05) is 13.1 Å². The third-order valence-electron chi connectivity index (χ3n) is 3.26. The van der Waals surface area contributed by atoms with Crippen molar-refractivity contribution < 1.29 is 17.9 Å². The molecule has 1 fully saturated rings. The summed E-state index contributed by atoms with van der Waals surface area (Å²) >= 11 is 0. The van der Waals surface area contributed by atoms with Gasteiger partial charge in [0.05, 0.1) is 19.4 Å². The number of rotatable bonds is 6. The zero-order valence-corrected chi connectivity index (χ0v) is 13.5. The van der Waals surface area contributed by atoms with Gasteiger partial charge in [-0.1, -0.05) is 0 Å². The van der Waals surface area contributed by atoms with Crippen LogP contribution in [0.25, 0.3) is 0 Å². The van der Waals surface area contributed by atoms with Gasteiger partial charge in [0.25, 0.3) is 5.91 Å². The molecule has 0 saturated carbocycles. The van der Waals surface area contributed by atoms with Crippen LogP contribution in [0.3, 0.4) is 0 Å². The zero-order valence-electron chi connectivity index (χ0n) is 12.7. The van der Waals surface area contributed by atoms with Crippen molar-refractivity contribution in [2.45, 2.75) is 18.9 Å². The predicted molar refractivity (Wildman–Crippen MR) is 77.0 cm³/mol. The number of hydrogen-bond acceptors (Lipinski definition) is 5. The molecule has 0 spiro atoms. The Labute approximate surface area is 121 Å². The minimum Gasteiger partial charge on any atom is -0.363 e. The van der Waals surface area contributed by atoms with Crippen LogP contribution in [-0.2, 0) is 19.6 Å². The number of nitrogens with one attached hydrogen (secondary N) is 1. The second-order valence-electron chi connectivity index (χ2n) is 5.59. The van der Waals surface area contributed by atoms with E-state index in [1.807, 2.05) is 19.0 Å². The van der Waals surface area contributed by atoms with Gasteiger partial charge in [-0.3, -0.25) is 4.79 Å². The summed E-state index contributed by atoms with van der Waals surface area (Å²) < 4.78 is 29.9. The highest BCUT2D eigenvalue weighted by Gasteiger charge is 2.41. The minimum atomic E-state index is -3.30. The van der Waals surface area contributed by atoms with E-state index in [1.165, 1.54) is 4.31 Å². The van der Waals surface area contributed by atoms with Crippen molar-refractivity contribution in [3.05, 3.63) is 0 Å². The molecule has 0 aromatic rings. The Hall–Kier alpha value is -0.700. The summed E-state index contributed by atoms with van der Waals surface area (Å²) in [5.74, 6) is -0.260. The number of ether oxygens (including phenoxy) is 1. The summed E-state index contributed by atoms with van der Waals surface area (Å²) in [5.41, 5.74) is -1.11. The topological polar surface area (TPSA) is 79.0 Å². The van der Waals surface area contributed by atoms with Crippen LogP contribution in [0.2, 0.25) is 0 Å². The highest BCUT2D eigenvalue weighted by atomic mass is 32.2. The van der Waals surface area contributed by atoms with Gasteiger partial charge in [-0.15, -0.1) is 0 Å². The average molecular weight is 307 g/mol. The summed E-state index contributed by atoms with van der Waals surface area (Å²) in [5, 5.41) is 2.81. The van der Waals surface area contributed by atoms with Crippen molar-refractivity contribution in [3.8, 4) is 0 Å². The first-order valence-electron chi connectivity index (χ1n) is 6.67. The van der Waals surface area contributed by atoms with Gasteiger partial charge >= 0.3 is 0 Å². The molecule has 0 radical (unpaired) electrons. The molecule has 0 aromatic heterocycles. The molecule has 1 rings (SSSR count). The van der Waals surface area contributed by atoms with E-state index in [2.05, 4.69) is 5.32 Å². The first kappa shape index (κ1) is 17.4. The van der Waals surface area contributed by atoms with Gasteiger partial charge in [-0.25, -0.2) is 8.42 Å². The fourth-order valence-electron chi connectivity index (χ4n) is 2.04. The van der Waals surface area contributed by atoms with E-state index in [9.17, 15) is 13.2 Å². The molecular weight excluding hydrogens is 282 g/mol. The number of sulfonamides is 1. The highest BCUT2D eigenvalue weighted by Crippen LogP contribution is 2.19. The molecule has 0 aromatic carbocycles. The van der Waals surface area contributed by atoms with Crippen molar-refractivity contribution in [3.63, 3.8) is 0 Å². The van der Waals surface area contributed by atoms with E-state index >= 15 is 0 Å². The molecule has 1 aliphatic heterocycles. The summed E-state index contributed by atoms with van der Waals surface area (Å²) in [6.45, 7) is 3.65. The summed E-state index contributed by atoms with van der Waals surface area (Å²) in [4.78, 5) is 14.2. The smallest absolute Gasteiger partial charge is 0.253 e. The lowest BCUT2D eigenvalue weighted by Crippen LogP contribution is -2.59. The number of carbonyl (C=O) groups is 1. The van der Waals surface area contributed by atoms with E-state index in [1.54, 1.807) is 6.92 Å². The fraction of sp³-hybridized carbons (Fsp3) is 0.917. The van der Waals surface area contributed by atoms with Gasteiger partial charge in [0.15, 0.2) is 5.60 Å². The maximum absolute atomic E-state index is 12.2. The van der Waals surface area contributed by atoms with E-state index < -0.39 is 15.6 Å². The van der Waals surface area contributed by atoms with Crippen LogP contribution in [0, 0.1) is 0 Å². The Morgan fingerprint density at radius 1 is 1.45 bits per heavy atom. The third kappa shape index (κ3) is 5.01. The van der Waals surface area contributed by atoms with Gasteiger partial charge in [-0.2, -0.15) is 4.31 Å². The lowest BCUT2D eigenvalue weighted by molar-refractivity contribution is -0.152. The van der Waals surface area contributed by atoms with Crippen LogP contribution in [-0.4, -0.2) is 82.3 Å². The van der Waals surface area contributed by atoms with Gasteiger partial charge in [0.1, 0.15) is 0 Å². The van der Waals surface area contributed by atoms with Crippen molar-refractivity contribution in [2.24, 2.45) is 0 Å². The molecule has 118 valence electrons. The van der Waals surface area contributed by atoms with Gasteiger partial charge < -0.3 is 15.0 Å². The highest BCUT2D eigenvalue weighted by molar-refractivity contribution is 7.88. The van der Waals surface area contributed by atoms with Crippen LogP contribution >= 0.6 is 0 Å². The quantitative estimate of drug-likeness (QED) is 0.644. The maximum Gasteiger partial charge on any atom is 0.253 e. The Kier molecular flexibility index (Phi) is 5.93. The molecule has 1 atom stereocenters. The first-order valence-corrected chi connectivity index (χ1v) is 8.52. The third-order valence-corrected chi connectivity index (χ3v) is 4.51. The van der Waals surface area contributed by atoms with Crippen LogP contribution in [0.1, 0.15) is 13.3 Å². The minimum absolute atomic E-state index is 0.0609. The number of amides is 1. The predicted octanol–water partition coefficient (Wildman–Crippen LogP) is -0.895. The fourth-order valence-corrected chi connectivity index (χ4v) is 2.93.